The van der Waals surface area contributed by atoms with Crippen LogP contribution < -0.4 is 10.5 Å². The summed E-state index contributed by atoms with van der Waals surface area (Å²) >= 11 is 0. The standard InChI is InChI=1S/C10H16N4O/c1-2-13-3-5-14(6-4-13)9-7-10(15)12-8-11-9/h7-8H,2-6H2,1H3,(H,11,12,15). The Kier molecular flexibility index (Phi) is 3.01. The summed E-state index contributed by atoms with van der Waals surface area (Å²) in [5.41, 5.74) is -0.0853. The molecule has 5 heteroatoms. The van der Waals surface area contributed by atoms with Gasteiger partial charge < -0.3 is 14.8 Å². The van der Waals surface area contributed by atoms with Crippen molar-refractivity contribution in [2.45, 2.75) is 6.92 Å². The summed E-state index contributed by atoms with van der Waals surface area (Å²) in [6.07, 6.45) is 1.46. The van der Waals surface area contributed by atoms with Crippen molar-refractivity contribution in [2.75, 3.05) is 37.6 Å². The van der Waals surface area contributed by atoms with Gasteiger partial charge in [0.05, 0.1) is 6.33 Å². The lowest BCUT2D eigenvalue weighted by atomic mass is 10.3. The van der Waals surface area contributed by atoms with Gasteiger partial charge in [-0.15, -0.1) is 0 Å². The highest BCUT2D eigenvalue weighted by atomic mass is 16.1. The van der Waals surface area contributed by atoms with Crippen molar-refractivity contribution in [3.05, 3.63) is 22.7 Å². The second-order valence-corrected chi connectivity index (χ2v) is 3.69. The Morgan fingerprint density at radius 2 is 2.13 bits per heavy atom. The minimum atomic E-state index is -0.0853. The minimum absolute atomic E-state index is 0.0853. The molecule has 1 aliphatic rings. The average Bonchev–Trinajstić information content (AvgIpc) is 2.29. The lowest BCUT2D eigenvalue weighted by molar-refractivity contribution is 0.270. The molecule has 1 N–H and O–H groups in total. The largest absolute Gasteiger partial charge is 0.354 e. The maximum absolute atomic E-state index is 11.1. The van der Waals surface area contributed by atoms with E-state index in [2.05, 4.69) is 26.7 Å². The highest BCUT2D eigenvalue weighted by molar-refractivity contribution is 5.36. The molecule has 2 rings (SSSR count). The van der Waals surface area contributed by atoms with E-state index in [1.54, 1.807) is 6.07 Å². The van der Waals surface area contributed by atoms with E-state index >= 15 is 0 Å². The second kappa shape index (κ2) is 4.44. The first-order valence-electron chi connectivity index (χ1n) is 5.31. The molecule has 1 aromatic rings. The van der Waals surface area contributed by atoms with Gasteiger partial charge in [-0.2, -0.15) is 0 Å². The van der Waals surface area contributed by atoms with Crippen molar-refractivity contribution >= 4 is 5.82 Å². The first-order valence-corrected chi connectivity index (χ1v) is 5.31. The van der Waals surface area contributed by atoms with E-state index in [1.165, 1.54) is 6.33 Å². The number of piperazine rings is 1. The SMILES string of the molecule is CCN1CCN(c2cc(=O)[nH]cn2)CC1. The fraction of sp³-hybridized carbons (Fsp3) is 0.600. The molecule has 0 radical (unpaired) electrons. The average molecular weight is 208 g/mol. The molecule has 15 heavy (non-hydrogen) atoms. The summed E-state index contributed by atoms with van der Waals surface area (Å²) in [5, 5.41) is 0. The molecule has 1 saturated heterocycles. The molecule has 0 unspecified atom stereocenters. The first-order chi connectivity index (χ1) is 7.29. The quantitative estimate of drug-likeness (QED) is 0.738. The Morgan fingerprint density at radius 3 is 2.73 bits per heavy atom. The van der Waals surface area contributed by atoms with E-state index < -0.39 is 0 Å². The Balaban J connectivity index is 2.04. The van der Waals surface area contributed by atoms with Gasteiger partial charge in [-0.05, 0) is 6.54 Å². The molecule has 0 bridgehead atoms. The molecular formula is C10H16N4O. The summed E-state index contributed by atoms with van der Waals surface area (Å²) in [6.45, 7) is 7.25. The van der Waals surface area contributed by atoms with Crippen LogP contribution in [0.4, 0.5) is 5.82 Å². The molecule has 5 nitrogen and oxygen atoms in total. The van der Waals surface area contributed by atoms with E-state index in [4.69, 9.17) is 0 Å². The van der Waals surface area contributed by atoms with E-state index in [9.17, 15) is 4.79 Å². The van der Waals surface area contributed by atoms with Crippen LogP contribution in [0.15, 0.2) is 17.2 Å². The maximum Gasteiger partial charge on any atom is 0.252 e. The molecule has 2 heterocycles. The van der Waals surface area contributed by atoms with Gasteiger partial charge in [-0.25, -0.2) is 4.98 Å². The van der Waals surface area contributed by atoms with Crippen LogP contribution in [-0.4, -0.2) is 47.6 Å². The molecule has 1 aromatic heterocycles. The summed E-state index contributed by atoms with van der Waals surface area (Å²) in [5.74, 6) is 0.787. The number of likely N-dealkylation sites (N-methyl/N-ethyl adjacent to an activating group) is 1. The van der Waals surface area contributed by atoms with Crippen LogP contribution in [-0.2, 0) is 0 Å². The van der Waals surface area contributed by atoms with Gasteiger partial charge in [0.2, 0.25) is 0 Å². The van der Waals surface area contributed by atoms with E-state index in [0.717, 1.165) is 38.5 Å². The normalized spacial score (nSPS) is 18.1. The highest BCUT2D eigenvalue weighted by Gasteiger charge is 2.16. The first kappa shape index (κ1) is 10.2. The molecule has 0 aliphatic carbocycles. The van der Waals surface area contributed by atoms with Gasteiger partial charge in [0.1, 0.15) is 5.82 Å². The van der Waals surface area contributed by atoms with E-state index in [0.29, 0.717) is 0 Å². The van der Waals surface area contributed by atoms with Crippen molar-refractivity contribution in [1.29, 1.82) is 0 Å². The summed E-state index contributed by atoms with van der Waals surface area (Å²) in [7, 11) is 0. The van der Waals surface area contributed by atoms with Gasteiger partial charge in [0, 0.05) is 32.2 Å². The van der Waals surface area contributed by atoms with E-state index in [1.807, 2.05) is 0 Å². The zero-order chi connectivity index (χ0) is 10.7. The third-order valence-corrected chi connectivity index (χ3v) is 2.81. The smallest absolute Gasteiger partial charge is 0.252 e. The molecule has 82 valence electrons. The Labute approximate surface area is 88.7 Å². The topological polar surface area (TPSA) is 52.2 Å². The molecule has 0 amide bonds. The molecule has 0 atom stereocenters. The highest BCUT2D eigenvalue weighted by Crippen LogP contribution is 2.09. The number of nitrogens with zero attached hydrogens (tertiary/aromatic N) is 3. The van der Waals surface area contributed by atoms with Crippen LogP contribution in [0.5, 0.6) is 0 Å². The summed E-state index contributed by atoms with van der Waals surface area (Å²) in [4.78, 5) is 22.4. The van der Waals surface area contributed by atoms with Crippen molar-refractivity contribution < 1.29 is 0 Å². The van der Waals surface area contributed by atoms with Gasteiger partial charge in [0.25, 0.3) is 5.56 Å². The third kappa shape index (κ3) is 2.36. The number of aromatic amines is 1. The van der Waals surface area contributed by atoms with Gasteiger partial charge in [-0.1, -0.05) is 6.92 Å². The summed E-state index contributed by atoms with van der Waals surface area (Å²) < 4.78 is 0. The number of anilines is 1. The van der Waals surface area contributed by atoms with Gasteiger partial charge >= 0.3 is 0 Å². The molecule has 0 aromatic carbocycles. The van der Waals surface area contributed by atoms with Crippen molar-refractivity contribution in [2.24, 2.45) is 0 Å². The number of hydrogen-bond acceptors (Lipinski definition) is 4. The summed E-state index contributed by atoms with van der Waals surface area (Å²) in [6, 6.07) is 1.56. The molecule has 1 aliphatic heterocycles. The lowest BCUT2D eigenvalue weighted by Crippen LogP contribution is -2.46. The Morgan fingerprint density at radius 1 is 1.40 bits per heavy atom. The lowest BCUT2D eigenvalue weighted by Gasteiger charge is -2.34. The zero-order valence-electron chi connectivity index (χ0n) is 8.94. The number of aromatic nitrogens is 2. The predicted molar refractivity (Wildman–Crippen MR) is 59.2 cm³/mol. The monoisotopic (exact) mass is 208 g/mol. The maximum atomic E-state index is 11.1. The van der Waals surface area contributed by atoms with Crippen LogP contribution in [0.2, 0.25) is 0 Å². The fourth-order valence-corrected chi connectivity index (χ4v) is 1.82. The number of hydrogen-bond donors (Lipinski definition) is 1. The van der Waals surface area contributed by atoms with E-state index in [-0.39, 0.29) is 5.56 Å². The van der Waals surface area contributed by atoms with Crippen molar-refractivity contribution in [1.82, 2.24) is 14.9 Å². The zero-order valence-corrected chi connectivity index (χ0v) is 8.94. The number of rotatable bonds is 2. The Hall–Kier alpha value is -1.36. The van der Waals surface area contributed by atoms with Crippen LogP contribution in [0.25, 0.3) is 0 Å². The van der Waals surface area contributed by atoms with Gasteiger partial charge in [-0.3, -0.25) is 4.79 Å². The van der Waals surface area contributed by atoms with Crippen LogP contribution >= 0.6 is 0 Å². The van der Waals surface area contributed by atoms with Crippen LogP contribution in [0.3, 0.4) is 0 Å². The fourth-order valence-electron chi connectivity index (χ4n) is 1.82. The van der Waals surface area contributed by atoms with Crippen molar-refractivity contribution in [3.63, 3.8) is 0 Å². The predicted octanol–water partition coefficient (Wildman–Crippen LogP) is -0.0882. The molecular weight excluding hydrogens is 192 g/mol. The van der Waals surface area contributed by atoms with Gasteiger partial charge in [0.15, 0.2) is 0 Å². The molecule has 0 spiro atoms. The molecule has 1 fully saturated rings. The third-order valence-electron chi connectivity index (χ3n) is 2.81. The number of nitrogens with one attached hydrogen (secondary N) is 1. The minimum Gasteiger partial charge on any atom is -0.354 e. The van der Waals surface area contributed by atoms with Crippen LogP contribution in [0, 0.1) is 0 Å². The second-order valence-electron chi connectivity index (χ2n) is 3.69. The Bertz CT molecular complexity index is 368. The molecule has 0 saturated carbocycles. The number of H-pyrrole nitrogens is 1. The van der Waals surface area contributed by atoms with Crippen LogP contribution in [0.1, 0.15) is 6.92 Å². The van der Waals surface area contributed by atoms with Crippen molar-refractivity contribution in [3.8, 4) is 0 Å².